The minimum atomic E-state index is -0.485. The molecule has 1 amide bonds. The number of pyridine rings is 1. The SMILES string of the molecule is CC(O)c1ccc(-c2ccc(OCCNC(=O)/C=C/c3cccnc3)c(Cl)c2)s1. The van der Waals surface area contributed by atoms with E-state index in [-0.39, 0.29) is 5.91 Å². The molecule has 29 heavy (non-hydrogen) atoms. The lowest BCUT2D eigenvalue weighted by Crippen LogP contribution is -2.26. The maximum absolute atomic E-state index is 11.8. The van der Waals surface area contributed by atoms with Crippen molar-refractivity contribution >= 4 is 34.9 Å². The Balaban J connectivity index is 1.48. The van der Waals surface area contributed by atoms with Crippen molar-refractivity contribution in [3.63, 3.8) is 0 Å². The Morgan fingerprint density at radius 3 is 2.90 bits per heavy atom. The summed E-state index contributed by atoms with van der Waals surface area (Å²) in [7, 11) is 0. The molecule has 1 atom stereocenters. The quantitative estimate of drug-likeness (QED) is 0.402. The molecule has 3 aromatic rings. The highest BCUT2D eigenvalue weighted by Gasteiger charge is 2.09. The molecular formula is C22H21ClN2O3S. The zero-order chi connectivity index (χ0) is 20.6. The predicted octanol–water partition coefficient (Wildman–Crippen LogP) is 4.73. The highest BCUT2D eigenvalue weighted by Crippen LogP contribution is 2.35. The number of nitrogens with zero attached hydrogens (tertiary/aromatic N) is 1. The summed E-state index contributed by atoms with van der Waals surface area (Å²) in [4.78, 5) is 17.8. The molecule has 150 valence electrons. The minimum absolute atomic E-state index is 0.203. The standard InChI is InChI=1S/C22H21ClN2O3S/c1-15(26)20-7-8-21(29-20)17-5-6-19(18(23)13-17)28-12-11-25-22(27)9-4-16-3-2-10-24-14-16/h2-10,13-15,26H,11-12H2,1H3,(H,25,27)/b9-4+. The highest BCUT2D eigenvalue weighted by molar-refractivity contribution is 7.15. The lowest BCUT2D eigenvalue weighted by molar-refractivity contribution is -0.116. The number of rotatable bonds is 8. The summed E-state index contributed by atoms with van der Waals surface area (Å²) >= 11 is 7.86. The molecule has 0 saturated carbocycles. The molecule has 2 heterocycles. The molecule has 0 bridgehead atoms. The van der Waals surface area contributed by atoms with Crippen molar-refractivity contribution in [2.24, 2.45) is 0 Å². The molecule has 7 heteroatoms. The number of benzene rings is 1. The van der Waals surface area contributed by atoms with E-state index in [1.807, 2.05) is 42.5 Å². The van der Waals surface area contributed by atoms with Gasteiger partial charge in [-0.3, -0.25) is 9.78 Å². The number of amides is 1. The summed E-state index contributed by atoms with van der Waals surface area (Å²) in [6.07, 6.45) is 6.04. The number of carbonyl (C=O) groups is 1. The lowest BCUT2D eigenvalue weighted by atomic mass is 10.2. The van der Waals surface area contributed by atoms with Crippen molar-refractivity contribution in [3.05, 3.63) is 76.4 Å². The van der Waals surface area contributed by atoms with Gasteiger partial charge in [0.25, 0.3) is 0 Å². The van der Waals surface area contributed by atoms with Crippen LogP contribution in [0.15, 0.2) is 60.9 Å². The smallest absolute Gasteiger partial charge is 0.244 e. The second-order valence-corrected chi connectivity index (χ2v) is 7.80. The molecule has 5 nitrogen and oxygen atoms in total. The van der Waals surface area contributed by atoms with Gasteiger partial charge in [0.2, 0.25) is 5.91 Å². The monoisotopic (exact) mass is 428 g/mol. The number of thiophene rings is 1. The van der Waals surface area contributed by atoms with Gasteiger partial charge in [0.05, 0.1) is 17.7 Å². The Labute approximate surface area is 178 Å². The first-order chi connectivity index (χ1) is 14.0. The van der Waals surface area contributed by atoms with Crippen LogP contribution in [0.1, 0.15) is 23.5 Å². The minimum Gasteiger partial charge on any atom is -0.490 e. The van der Waals surface area contributed by atoms with Crippen molar-refractivity contribution in [2.45, 2.75) is 13.0 Å². The Morgan fingerprint density at radius 2 is 2.21 bits per heavy atom. The first kappa shape index (κ1) is 21.0. The van der Waals surface area contributed by atoms with Crippen LogP contribution in [-0.2, 0) is 4.79 Å². The molecule has 0 radical (unpaired) electrons. The molecule has 1 aromatic carbocycles. The van der Waals surface area contributed by atoms with E-state index >= 15 is 0 Å². The maximum atomic E-state index is 11.8. The Hall–Kier alpha value is -2.67. The first-order valence-electron chi connectivity index (χ1n) is 9.09. The number of aliphatic hydroxyl groups excluding tert-OH is 1. The van der Waals surface area contributed by atoms with Crippen LogP contribution in [-0.4, -0.2) is 29.1 Å². The second-order valence-electron chi connectivity index (χ2n) is 6.28. The van der Waals surface area contributed by atoms with E-state index in [4.69, 9.17) is 16.3 Å². The van der Waals surface area contributed by atoms with E-state index in [2.05, 4.69) is 10.3 Å². The van der Waals surface area contributed by atoms with Gasteiger partial charge in [-0.1, -0.05) is 17.7 Å². The summed E-state index contributed by atoms with van der Waals surface area (Å²) in [6.45, 7) is 2.40. The predicted molar refractivity (Wildman–Crippen MR) is 117 cm³/mol. The van der Waals surface area contributed by atoms with Gasteiger partial charge in [-0.05, 0) is 60.5 Å². The van der Waals surface area contributed by atoms with E-state index in [1.54, 1.807) is 25.4 Å². The van der Waals surface area contributed by atoms with E-state index in [0.717, 1.165) is 20.9 Å². The van der Waals surface area contributed by atoms with Gasteiger partial charge in [0, 0.05) is 28.2 Å². The van der Waals surface area contributed by atoms with Crippen LogP contribution in [0.25, 0.3) is 16.5 Å². The largest absolute Gasteiger partial charge is 0.490 e. The topological polar surface area (TPSA) is 71.5 Å². The molecule has 0 aliphatic rings. The van der Waals surface area contributed by atoms with Gasteiger partial charge < -0.3 is 15.2 Å². The fourth-order valence-corrected chi connectivity index (χ4v) is 3.72. The molecule has 0 aliphatic carbocycles. The molecule has 0 saturated heterocycles. The van der Waals surface area contributed by atoms with Crippen molar-refractivity contribution in [1.82, 2.24) is 10.3 Å². The lowest BCUT2D eigenvalue weighted by Gasteiger charge is -2.09. The number of ether oxygens (including phenoxy) is 1. The summed E-state index contributed by atoms with van der Waals surface area (Å²) in [5.74, 6) is 0.355. The van der Waals surface area contributed by atoms with Crippen molar-refractivity contribution in [2.75, 3.05) is 13.2 Å². The normalized spacial score (nSPS) is 12.1. The van der Waals surface area contributed by atoms with E-state index in [0.29, 0.717) is 23.9 Å². The molecule has 1 unspecified atom stereocenters. The van der Waals surface area contributed by atoms with Gasteiger partial charge in [-0.25, -0.2) is 0 Å². The molecular weight excluding hydrogens is 408 g/mol. The third-order valence-electron chi connectivity index (χ3n) is 4.03. The zero-order valence-corrected chi connectivity index (χ0v) is 17.4. The van der Waals surface area contributed by atoms with E-state index in [1.165, 1.54) is 17.4 Å². The van der Waals surface area contributed by atoms with Gasteiger partial charge in [-0.15, -0.1) is 11.3 Å². The summed E-state index contributed by atoms with van der Waals surface area (Å²) in [6, 6.07) is 13.1. The molecule has 0 aliphatic heterocycles. The van der Waals surface area contributed by atoms with Crippen molar-refractivity contribution < 1.29 is 14.6 Å². The summed E-state index contributed by atoms with van der Waals surface area (Å²) in [5, 5.41) is 12.9. The zero-order valence-electron chi connectivity index (χ0n) is 15.8. The number of nitrogens with one attached hydrogen (secondary N) is 1. The van der Waals surface area contributed by atoms with Crippen LogP contribution in [0.4, 0.5) is 0 Å². The van der Waals surface area contributed by atoms with Crippen molar-refractivity contribution in [1.29, 1.82) is 0 Å². The number of aliphatic hydroxyl groups is 1. The first-order valence-corrected chi connectivity index (χ1v) is 10.3. The summed E-state index contributed by atoms with van der Waals surface area (Å²) in [5.41, 5.74) is 1.82. The number of halogens is 1. The molecule has 0 fully saturated rings. The fourth-order valence-electron chi connectivity index (χ4n) is 2.54. The van der Waals surface area contributed by atoms with Crippen LogP contribution in [0, 0.1) is 0 Å². The third kappa shape index (κ3) is 6.15. The maximum Gasteiger partial charge on any atom is 0.244 e. The van der Waals surface area contributed by atoms with Gasteiger partial charge in [0.15, 0.2) is 0 Å². The molecule has 3 rings (SSSR count). The van der Waals surface area contributed by atoms with Crippen LogP contribution >= 0.6 is 22.9 Å². The number of hydrogen-bond donors (Lipinski definition) is 2. The van der Waals surface area contributed by atoms with Crippen molar-refractivity contribution in [3.8, 4) is 16.2 Å². The number of aromatic nitrogens is 1. The number of carbonyl (C=O) groups excluding carboxylic acids is 1. The van der Waals surface area contributed by atoms with Gasteiger partial charge in [0.1, 0.15) is 12.4 Å². The van der Waals surface area contributed by atoms with Gasteiger partial charge in [-0.2, -0.15) is 0 Å². The molecule has 2 N–H and O–H groups in total. The Kier molecular flexibility index (Phi) is 7.41. The third-order valence-corrected chi connectivity index (χ3v) is 5.63. The fraction of sp³-hybridized carbons (Fsp3) is 0.182. The van der Waals surface area contributed by atoms with E-state index < -0.39 is 6.10 Å². The average molecular weight is 429 g/mol. The average Bonchev–Trinajstić information content (AvgIpc) is 3.22. The van der Waals surface area contributed by atoms with Crippen LogP contribution < -0.4 is 10.1 Å². The Bertz CT molecular complexity index is 987. The van der Waals surface area contributed by atoms with Crippen LogP contribution in [0.2, 0.25) is 5.02 Å². The molecule has 2 aromatic heterocycles. The summed E-state index contributed by atoms with van der Waals surface area (Å²) < 4.78 is 5.67. The van der Waals surface area contributed by atoms with Crippen LogP contribution in [0.5, 0.6) is 5.75 Å². The van der Waals surface area contributed by atoms with Crippen LogP contribution in [0.3, 0.4) is 0 Å². The molecule has 0 spiro atoms. The Morgan fingerprint density at radius 1 is 1.34 bits per heavy atom. The van der Waals surface area contributed by atoms with Gasteiger partial charge >= 0.3 is 0 Å². The second kappa shape index (κ2) is 10.2. The highest BCUT2D eigenvalue weighted by atomic mass is 35.5. The van der Waals surface area contributed by atoms with E-state index in [9.17, 15) is 9.90 Å². The number of hydrogen-bond acceptors (Lipinski definition) is 5.